The van der Waals surface area contributed by atoms with Gasteiger partial charge in [0.2, 0.25) is 17.8 Å². The monoisotopic (exact) mass is 497 g/mol. The number of amides is 3. The van der Waals surface area contributed by atoms with E-state index in [1.807, 2.05) is 39.0 Å². The zero-order chi connectivity index (χ0) is 24.8. The number of aromatic nitrogens is 2. The number of hydrogen-bond acceptors (Lipinski definition) is 8. The summed E-state index contributed by atoms with van der Waals surface area (Å²) in [5.41, 5.74) is 1.39. The lowest BCUT2D eigenvalue weighted by Gasteiger charge is -2.23. The molecule has 0 fully saturated rings. The number of hydrogen-bond donors (Lipinski definition) is 3. The van der Waals surface area contributed by atoms with E-state index in [1.54, 1.807) is 24.3 Å². The Labute approximate surface area is 207 Å². The second-order valence-electron chi connectivity index (χ2n) is 7.89. The number of nitrogens with one attached hydrogen (secondary N) is 3. The van der Waals surface area contributed by atoms with Crippen molar-refractivity contribution in [1.29, 1.82) is 0 Å². The minimum absolute atomic E-state index is 0.109. The van der Waals surface area contributed by atoms with E-state index in [9.17, 15) is 9.59 Å². The summed E-state index contributed by atoms with van der Waals surface area (Å²) in [5, 5.41) is 17.5. The number of carbonyl (C=O) groups is 2. The molecule has 1 aromatic heterocycles. The molecule has 2 heterocycles. The van der Waals surface area contributed by atoms with Crippen LogP contribution in [-0.4, -0.2) is 41.6 Å². The minimum Gasteiger partial charge on any atom is -0.494 e. The van der Waals surface area contributed by atoms with Gasteiger partial charge in [-0.25, -0.2) is 4.79 Å². The van der Waals surface area contributed by atoms with Crippen LogP contribution in [-0.2, 0) is 4.79 Å². The molecule has 0 bridgehead atoms. The second kappa shape index (κ2) is 11.0. The van der Waals surface area contributed by atoms with E-state index in [2.05, 4.69) is 26.1 Å². The zero-order valence-corrected chi connectivity index (χ0v) is 20.5. The number of fused-ring (bicyclic) bond motifs is 1. The van der Waals surface area contributed by atoms with Crippen LogP contribution in [0.4, 0.5) is 15.6 Å². The van der Waals surface area contributed by atoms with Crippen LogP contribution in [0, 0.1) is 5.92 Å². The van der Waals surface area contributed by atoms with Gasteiger partial charge in [0.1, 0.15) is 16.8 Å². The molecule has 11 heteroatoms. The van der Waals surface area contributed by atoms with Gasteiger partial charge in [-0.15, -0.1) is 10.2 Å². The lowest BCUT2D eigenvalue weighted by atomic mass is 9.98. The second-order valence-corrected chi connectivity index (χ2v) is 8.87. The molecule has 2 aromatic carbocycles. The Balaban J connectivity index is 1.39. The highest BCUT2D eigenvalue weighted by Gasteiger charge is 2.27. The summed E-state index contributed by atoms with van der Waals surface area (Å²) in [6.45, 7) is 6.51. The molecule has 3 aromatic rings. The topological polar surface area (TPSA) is 124 Å². The minimum atomic E-state index is -0.763. The van der Waals surface area contributed by atoms with E-state index in [4.69, 9.17) is 14.2 Å². The van der Waals surface area contributed by atoms with Crippen LogP contribution in [0.1, 0.15) is 27.2 Å². The molecule has 0 radical (unpaired) electrons. The van der Waals surface area contributed by atoms with Gasteiger partial charge >= 0.3 is 6.03 Å². The zero-order valence-electron chi connectivity index (χ0n) is 19.7. The molecule has 4 rings (SSSR count). The standard InChI is InChI=1S/C24H27N5O5S/c1-4-14(3)20(26-23(31)25-16-7-9-17(10-8-16)32-5-2)21(30)27-24-29-28-22(35-24)15-6-11-18-19(12-15)34-13-33-18/h6-12,14,20H,4-5,13H2,1-3H3,(H2,25,26,31)(H,27,29,30). The molecule has 10 nitrogen and oxygen atoms in total. The molecule has 2 atom stereocenters. The fraction of sp³-hybridized carbons (Fsp3) is 0.333. The molecule has 3 N–H and O–H groups in total. The maximum absolute atomic E-state index is 13.0. The summed E-state index contributed by atoms with van der Waals surface area (Å²) < 4.78 is 16.2. The van der Waals surface area contributed by atoms with Gasteiger partial charge in [0, 0.05) is 11.3 Å². The van der Waals surface area contributed by atoms with E-state index in [1.165, 1.54) is 11.3 Å². The number of carbonyl (C=O) groups excluding carboxylic acids is 2. The average molecular weight is 498 g/mol. The molecule has 0 spiro atoms. The van der Waals surface area contributed by atoms with Crippen molar-refractivity contribution in [2.24, 2.45) is 5.92 Å². The Morgan fingerprint density at radius 1 is 1.06 bits per heavy atom. The van der Waals surface area contributed by atoms with E-state index in [0.717, 1.165) is 5.56 Å². The number of ether oxygens (including phenoxy) is 3. The van der Waals surface area contributed by atoms with Gasteiger partial charge < -0.3 is 24.8 Å². The molecule has 3 amide bonds. The van der Waals surface area contributed by atoms with Crippen molar-refractivity contribution in [2.75, 3.05) is 24.0 Å². The molecule has 1 aliphatic heterocycles. The summed E-state index contributed by atoms with van der Waals surface area (Å²) in [6, 6.07) is 11.3. The van der Waals surface area contributed by atoms with Crippen LogP contribution in [0.3, 0.4) is 0 Å². The maximum atomic E-state index is 13.0. The Morgan fingerprint density at radius 3 is 2.57 bits per heavy atom. The molecule has 2 unspecified atom stereocenters. The SMILES string of the molecule is CCOc1ccc(NC(=O)NC(C(=O)Nc2nnc(-c3ccc4c(c3)OCO4)s2)C(C)CC)cc1. The molecule has 184 valence electrons. The maximum Gasteiger partial charge on any atom is 0.319 e. The Bertz CT molecular complexity index is 1180. The normalized spacial score (nSPS) is 13.6. The van der Waals surface area contributed by atoms with Crippen LogP contribution in [0.15, 0.2) is 42.5 Å². The first-order valence-electron chi connectivity index (χ1n) is 11.3. The third kappa shape index (κ3) is 5.99. The van der Waals surface area contributed by atoms with Crippen molar-refractivity contribution < 1.29 is 23.8 Å². The van der Waals surface area contributed by atoms with E-state index in [0.29, 0.717) is 46.1 Å². The third-order valence-corrected chi connectivity index (χ3v) is 6.37. The van der Waals surface area contributed by atoms with E-state index < -0.39 is 12.1 Å². The fourth-order valence-electron chi connectivity index (χ4n) is 3.41. The molecular formula is C24H27N5O5S. The molecule has 1 aliphatic rings. The van der Waals surface area contributed by atoms with Crippen molar-refractivity contribution in [3.63, 3.8) is 0 Å². The van der Waals surface area contributed by atoms with Gasteiger partial charge in [0.15, 0.2) is 11.5 Å². The molecule has 0 aliphatic carbocycles. The fourth-order valence-corrected chi connectivity index (χ4v) is 4.16. The first-order valence-corrected chi connectivity index (χ1v) is 12.1. The van der Waals surface area contributed by atoms with E-state index >= 15 is 0 Å². The first kappa shape index (κ1) is 24.3. The van der Waals surface area contributed by atoms with Gasteiger partial charge in [0.05, 0.1) is 6.61 Å². The Morgan fingerprint density at radius 2 is 1.83 bits per heavy atom. The summed E-state index contributed by atoms with van der Waals surface area (Å²) in [6.07, 6.45) is 0.694. The summed E-state index contributed by atoms with van der Waals surface area (Å²) in [4.78, 5) is 25.7. The van der Waals surface area contributed by atoms with Crippen LogP contribution < -0.4 is 30.2 Å². The summed E-state index contributed by atoms with van der Waals surface area (Å²) in [7, 11) is 0. The van der Waals surface area contributed by atoms with Crippen molar-refractivity contribution in [3.05, 3.63) is 42.5 Å². The van der Waals surface area contributed by atoms with Crippen LogP contribution in [0.25, 0.3) is 10.6 Å². The summed E-state index contributed by atoms with van der Waals surface area (Å²) in [5.74, 6) is 1.56. The first-order chi connectivity index (χ1) is 17.0. The smallest absolute Gasteiger partial charge is 0.319 e. The largest absolute Gasteiger partial charge is 0.494 e. The van der Waals surface area contributed by atoms with Crippen LogP contribution in [0.5, 0.6) is 17.2 Å². The highest BCUT2D eigenvalue weighted by atomic mass is 32.1. The summed E-state index contributed by atoms with van der Waals surface area (Å²) >= 11 is 1.23. The highest BCUT2D eigenvalue weighted by Crippen LogP contribution is 2.37. The molecule has 0 saturated heterocycles. The van der Waals surface area contributed by atoms with E-state index in [-0.39, 0.29) is 18.6 Å². The Hall–Kier alpha value is -3.86. The quantitative estimate of drug-likeness (QED) is 0.397. The lowest BCUT2D eigenvalue weighted by molar-refractivity contribution is -0.119. The van der Waals surface area contributed by atoms with Gasteiger partial charge in [-0.1, -0.05) is 31.6 Å². The van der Waals surface area contributed by atoms with Crippen LogP contribution >= 0.6 is 11.3 Å². The van der Waals surface area contributed by atoms with Gasteiger partial charge in [-0.05, 0) is 55.3 Å². The number of rotatable bonds is 9. The van der Waals surface area contributed by atoms with Gasteiger partial charge in [-0.2, -0.15) is 0 Å². The number of nitrogens with zero attached hydrogens (tertiary/aromatic N) is 2. The number of benzene rings is 2. The molecule has 35 heavy (non-hydrogen) atoms. The van der Waals surface area contributed by atoms with Crippen molar-refractivity contribution in [3.8, 4) is 27.8 Å². The average Bonchev–Trinajstić information content (AvgIpc) is 3.52. The predicted molar refractivity (Wildman–Crippen MR) is 133 cm³/mol. The van der Waals surface area contributed by atoms with Crippen molar-refractivity contribution in [2.45, 2.75) is 33.2 Å². The lowest BCUT2D eigenvalue weighted by Crippen LogP contribution is -2.49. The predicted octanol–water partition coefficient (Wildman–Crippen LogP) is 4.51. The highest BCUT2D eigenvalue weighted by molar-refractivity contribution is 7.18. The van der Waals surface area contributed by atoms with Crippen molar-refractivity contribution in [1.82, 2.24) is 15.5 Å². The van der Waals surface area contributed by atoms with Gasteiger partial charge in [0.25, 0.3) is 0 Å². The molecular weight excluding hydrogens is 470 g/mol. The third-order valence-electron chi connectivity index (χ3n) is 5.48. The van der Waals surface area contributed by atoms with Crippen molar-refractivity contribution >= 4 is 34.1 Å². The number of urea groups is 1. The Kier molecular flexibility index (Phi) is 7.66. The number of anilines is 2. The van der Waals surface area contributed by atoms with Crippen LogP contribution in [0.2, 0.25) is 0 Å². The molecule has 0 saturated carbocycles. The van der Waals surface area contributed by atoms with Gasteiger partial charge in [-0.3, -0.25) is 10.1 Å².